The molecule has 0 saturated heterocycles. The Morgan fingerprint density at radius 2 is 1.90 bits per heavy atom. The van der Waals surface area contributed by atoms with E-state index in [9.17, 15) is 0 Å². The van der Waals surface area contributed by atoms with Gasteiger partial charge in [0, 0.05) is 23.2 Å². The Morgan fingerprint density at radius 3 is 2.65 bits per heavy atom. The summed E-state index contributed by atoms with van der Waals surface area (Å²) in [5.41, 5.74) is 4.18. The van der Waals surface area contributed by atoms with Crippen LogP contribution >= 0.6 is 11.8 Å². The molecule has 1 fully saturated rings. The predicted molar refractivity (Wildman–Crippen MR) is 87.0 cm³/mol. The van der Waals surface area contributed by atoms with Gasteiger partial charge in [0.2, 0.25) is 0 Å². The van der Waals surface area contributed by atoms with E-state index >= 15 is 0 Å². The standard InChI is InChI=1S/C18H21NS/c1-14-7-10-18(16(11-14)12-19-17-8-9-17)20-13-15-5-3-2-4-6-15/h2-7,10-11,17,19H,8-9,12-13H2,1H3. The van der Waals surface area contributed by atoms with Crippen molar-refractivity contribution < 1.29 is 0 Å². The van der Waals surface area contributed by atoms with Gasteiger partial charge in [-0.05, 0) is 37.0 Å². The second-order valence-corrected chi connectivity index (χ2v) is 6.56. The lowest BCUT2D eigenvalue weighted by Gasteiger charge is -2.11. The van der Waals surface area contributed by atoms with Crippen LogP contribution in [-0.4, -0.2) is 6.04 Å². The van der Waals surface area contributed by atoms with Crippen LogP contribution in [0.1, 0.15) is 29.5 Å². The summed E-state index contributed by atoms with van der Waals surface area (Å²) in [7, 11) is 0. The van der Waals surface area contributed by atoms with Crippen LogP contribution in [0.3, 0.4) is 0 Å². The SMILES string of the molecule is Cc1ccc(SCc2ccccc2)c(CNC2CC2)c1. The highest BCUT2D eigenvalue weighted by molar-refractivity contribution is 7.98. The summed E-state index contributed by atoms with van der Waals surface area (Å²) in [6.45, 7) is 3.18. The van der Waals surface area contributed by atoms with E-state index in [4.69, 9.17) is 0 Å². The van der Waals surface area contributed by atoms with Gasteiger partial charge in [0.05, 0.1) is 0 Å². The Morgan fingerprint density at radius 1 is 1.10 bits per heavy atom. The third-order valence-corrected chi connectivity index (χ3v) is 4.80. The van der Waals surface area contributed by atoms with E-state index in [2.05, 4.69) is 60.8 Å². The van der Waals surface area contributed by atoms with E-state index in [0.717, 1.165) is 18.3 Å². The van der Waals surface area contributed by atoms with E-state index in [0.29, 0.717) is 0 Å². The van der Waals surface area contributed by atoms with Gasteiger partial charge in [0.1, 0.15) is 0 Å². The molecule has 1 nitrogen and oxygen atoms in total. The highest BCUT2D eigenvalue weighted by Gasteiger charge is 2.20. The number of hydrogen-bond donors (Lipinski definition) is 1. The Balaban J connectivity index is 1.67. The fourth-order valence-corrected chi connectivity index (χ4v) is 3.26. The molecule has 1 aliphatic carbocycles. The minimum atomic E-state index is 0.766. The number of nitrogens with one attached hydrogen (secondary N) is 1. The summed E-state index contributed by atoms with van der Waals surface area (Å²) in [5, 5.41) is 3.63. The molecule has 20 heavy (non-hydrogen) atoms. The Kier molecular flexibility index (Phi) is 4.44. The van der Waals surface area contributed by atoms with E-state index in [-0.39, 0.29) is 0 Å². The van der Waals surface area contributed by atoms with Gasteiger partial charge in [0.25, 0.3) is 0 Å². The minimum Gasteiger partial charge on any atom is -0.310 e. The monoisotopic (exact) mass is 283 g/mol. The van der Waals surface area contributed by atoms with Gasteiger partial charge < -0.3 is 5.32 Å². The quantitative estimate of drug-likeness (QED) is 0.781. The van der Waals surface area contributed by atoms with Crippen LogP contribution in [0.15, 0.2) is 53.4 Å². The summed E-state index contributed by atoms with van der Waals surface area (Å²) < 4.78 is 0. The van der Waals surface area contributed by atoms with Gasteiger partial charge in [-0.3, -0.25) is 0 Å². The van der Waals surface area contributed by atoms with Crippen LogP contribution in [0, 0.1) is 6.92 Å². The molecule has 0 radical (unpaired) electrons. The van der Waals surface area contributed by atoms with Crippen LogP contribution < -0.4 is 5.32 Å². The zero-order chi connectivity index (χ0) is 13.8. The highest BCUT2D eigenvalue weighted by atomic mass is 32.2. The van der Waals surface area contributed by atoms with Gasteiger partial charge in [-0.1, -0.05) is 48.0 Å². The third-order valence-electron chi connectivity index (χ3n) is 3.61. The van der Waals surface area contributed by atoms with Crippen LogP contribution in [0.2, 0.25) is 0 Å². The van der Waals surface area contributed by atoms with Crippen LogP contribution in [0.5, 0.6) is 0 Å². The fourth-order valence-electron chi connectivity index (χ4n) is 2.26. The zero-order valence-electron chi connectivity index (χ0n) is 11.9. The van der Waals surface area contributed by atoms with Gasteiger partial charge in [-0.15, -0.1) is 11.8 Å². The Bertz CT molecular complexity index is 561. The lowest BCUT2D eigenvalue weighted by atomic mass is 10.1. The first-order valence-corrected chi connectivity index (χ1v) is 8.29. The molecular formula is C18H21NS. The maximum absolute atomic E-state index is 3.63. The summed E-state index contributed by atoms with van der Waals surface area (Å²) in [5.74, 6) is 1.04. The van der Waals surface area contributed by atoms with Crippen molar-refractivity contribution in [1.29, 1.82) is 0 Å². The molecule has 0 atom stereocenters. The maximum Gasteiger partial charge on any atom is 0.0232 e. The van der Waals surface area contributed by atoms with Crippen LogP contribution in [0.25, 0.3) is 0 Å². The van der Waals surface area contributed by atoms with Gasteiger partial charge in [-0.2, -0.15) is 0 Å². The largest absolute Gasteiger partial charge is 0.310 e. The van der Waals surface area contributed by atoms with Gasteiger partial charge >= 0.3 is 0 Å². The molecule has 0 amide bonds. The number of thioether (sulfide) groups is 1. The second-order valence-electron chi connectivity index (χ2n) is 5.54. The summed E-state index contributed by atoms with van der Waals surface area (Å²) in [4.78, 5) is 1.41. The summed E-state index contributed by atoms with van der Waals surface area (Å²) in [6, 6.07) is 18.3. The molecule has 0 aliphatic heterocycles. The molecule has 3 rings (SSSR count). The molecule has 2 aromatic rings. The Hall–Kier alpha value is -1.25. The third kappa shape index (κ3) is 3.87. The first-order valence-electron chi connectivity index (χ1n) is 7.31. The number of aryl methyl sites for hydroxylation is 1. The van der Waals surface area contributed by atoms with Crippen molar-refractivity contribution in [2.24, 2.45) is 0 Å². The molecule has 0 unspecified atom stereocenters. The first-order chi connectivity index (χ1) is 9.81. The molecule has 2 heteroatoms. The van der Waals surface area contributed by atoms with Crippen molar-refractivity contribution in [3.63, 3.8) is 0 Å². The van der Waals surface area contributed by atoms with Crippen molar-refractivity contribution in [1.82, 2.24) is 5.32 Å². The van der Waals surface area contributed by atoms with E-state index < -0.39 is 0 Å². The van der Waals surface area contributed by atoms with Crippen LogP contribution in [-0.2, 0) is 12.3 Å². The molecular weight excluding hydrogens is 262 g/mol. The summed E-state index contributed by atoms with van der Waals surface area (Å²) in [6.07, 6.45) is 2.69. The molecule has 0 aromatic heterocycles. The highest BCUT2D eigenvalue weighted by Crippen LogP contribution is 2.28. The summed E-state index contributed by atoms with van der Waals surface area (Å²) >= 11 is 1.94. The van der Waals surface area contributed by atoms with Crippen molar-refractivity contribution in [2.75, 3.05) is 0 Å². The topological polar surface area (TPSA) is 12.0 Å². The normalized spacial score (nSPS) is 14.4. The van der Waals surface area contributed by atoms with Crippen molar-refractivity contribution in [3.05, 3.63) is 65.2 Å². The molecule has 104 valence electrons. The van der Waals surface area contributed by atoms with Gasteiger partial charge in [0.15, 0.2) is 0 Å². The number of hydrogen-bond acceptors (Lipinski definition) is 2. The molecule has 1 saturated carbocycles. The maximum atomic E-state index is 3.63. The van der Waals surface area contributed by atoms with E-state index in [1.165, 1.54) is 34.4 Å². The van der Waals surface area contributed by atoms with E-state index in [1.807, 2.05) is 11.8 Å². The van der Waals surface area contributed by atoms with Crippen molar-refractivity contribution in [3.8, 4) is 0 Å². The molecule has 1 aliphatic rings. The lowest BCUT2D eigenvalue weighted by Crippen LogP contribution is -2.15. The fraction of sp³-hybridized carbons (Fsp3) is 0.333. The molecule has 1 N–H and O–H groups in total. The second kappa shape index (κ2) is 6.47. The van der Waals surface area contributed by atoms with Gasteiger partial charge in [-0.25, -0.2) is 0 Å². The first kappa shape index (κ1) is 13.7. The number of rotatable bonds is 6. The smallest absolute Gasteiger partial charge is 0.0232 e. The zero-order valence-corrected chi connectivity index (χ0v) is 12.7. The van der Waals surface area contributed by atoms with E-state index in [1.54, 1.807) is 0 Å². The lowest BCUT2D eigenvalue weighted by molar-refractivity contribution is 0.680. The predicted octanol–water partition coefficient (Wildman–Crippen LogP) is 4.54. The van der Waals surface area contributed by atoms with Crippen molar-refractivity contribution >= 4 is 11.8 Å². The van der Waals surface area contributed by atoms with Crippen LogP contribution in [0.4, 0.5) is 0 Å². The van der Waals surface area contributed by atoms with Crippen molar-refractivity contribution in [2.45, 2.75) is 43.0 Å². The molecule has 0 bridgehead atoms. The number of benzene rings is 2. The Labute approximate surface area is 125 Å². The molecule has 0 spiro atoms. The average molecular weight is 283 g/mol. The molecule has 0 heterocycles. The minimum absolute atomic E-state index is 0.766. The average Bonchev–Trinajstić information content (AvgIpc) is 3.29. The molecule has 2 aromatic carbocycles.